The molecule has 1 nitrogen and oxygen atoms in total. The van der Waals surface area contributed by atoms with Crippen molar-refractivity contribution < 1.29 is 4.43 Å². The van der Waals surface area contributed by atoms with Crippen molar-refractivity contribution in [1.82, 2.24) is 0 Å². The van der Waals surface area contributed by atoms with Gasteiger partial charge in [-0.1, -0.05) is 60.7 Å². The van der Waals surface area contributed by atoms with Crippen LogP contribution in [0.25, 0.3) is 0 Å². The largest absolute Gasteiger partial charge is 0.548 e. The summed E-state index contributed by atoms with van der Waals surface area (Å²) in [5.41, 5.74) is 2.70. The summed E-state index contributed by atoms with van der Waals surface area (Å²) < 4.78 is 6.28. The topological polar surface area (TPSA) is 9.23 Å². The van der Waals surface area contributed by atoms with Gasteiger partial charge in [-0.3, -0.25) is 0 Å². The molecule has 0 N–H and O–H groups in total. The van der Waals surface area contributed by atoms with E-state index >= 15 is 0 Å². The Labute approximate surface area is 135 Å². The summed E-state index contributed by atoms with van der Waals surface area (Å²) in [6.07, 6.45) is 5.21. The Kier molecular flexibility index (Phi) is 6.02. The lowest BCUT2D eigenvalue weighted by Gasteiger charge is -2.22. The van der Waals surface area contributed by atoms with Gasteiger partial charge < -0.3 is 4.43 Å². The third-order valence-corrected chi connectivity index (χ3v) is 4.22. The van der Waals surface area contributed by atoms with Crippen molar-refractivity contribution in [2.45, 2.75) is 38.9 Å². The van der Waals surface area contributed by atoms with Gasteiger partial charge in [0.25, 0.3) is 0 Å². The Balaban J connectivity index is 2.02. The van der Waals surface area contributed by atoms with Gasteiger partial charge in [0.2, 0.25) is 8.32 Å². The van der Waals surface area contributed by atoms with Crippen molar-refractivity contribution in [3.05, 3.63) is 83.6 Å². The fourth-order valence-corrected chi connectivity index (χ4v) is 3.32. The Morgan fingerprint density at radius 1 is 0.864 bits per heavy atom. The molecule has 2 aromatic carbocycles. The van der Waals surface area contributed by atoms with Crippen LogP contribution in [0.5, 0.6) is 0 Å². The highest BCUT2D eigenvalue weighted by atomic mass is 28.4. The Hall–Kier alpha value is -1.80. The first-order chi connectivity index (χ1) is 10.5. The zero-order valence-electron chi connectivity index (χ0n) is 13.9. The molecule has 0 atom stereocenters. The zero-order valence-corrected chi connectivity index (χ0v) is 14.9. The molecule has 0 bridgehead atoms. The lowest BCUT2D eigenvalue weighted by molar-refractivity contribution is 0.397. The number of allylic oxidation sites excluding steroid dienone is 2. The van der Waals surface area contributed by atoms with Gasteiger partial charge in [-0.05, 0) is 49.7 Å². The summed E-state index contributed by atoms with van der Waals surface area (Å²) in [5, 5.41) is 0. The molecule has 2 rings (SSSR count). The summed E-state index contributed by atoms with van der Waals surface area (Å²) in [4.78, 5) is 0. The van der Waals surface area contributed by atoms with Crippen LogP contribution in [0.4, 0.5) is 0 Å². The molecular weight excluding hydrogens is 284 g/mol. The maximum atomic E-state index is 6.28. The molecule has 2 aromatic rings. The average Bonchev–Trinajstić information content (AvgIpc) is 2.51. The molecule has 0 saturated heterocycles. The summed E-state index contributed by atoms with van der Waals surface area (Å²) in [6, 6.07) is 21.2. The molecular formula is C20H26OSi. The van der Waals surface area contributed by atoms with Crippen molar-refractivity contribution in [2.75, 3.05) is 0 Å². The molecule has 0 saturated carbocycles. The van der Waals surface area contributed by atoms with Gasteiger partial charge >= 0.3 is 0 Å². The zero-order chi connectivity index (χ0) is 15.8. The maximum Gasteiger partial charge on any atom is 0.241 e. The monoisotopic (exact) mass is 310 g/mol. The van der Waals surface area contributed by atoms with Crippen molar-refractivity contribution in [3.8, 4) is 0 Å². The molecule has 0 aliphatic carbocycles. The third kappa shape index (κ3) is 6.31. The normalized spacial score (nSPS) is 12.2. The lowest BCUT2D eigenvalue weighted by atomic mass is 10.1. The summed E-state index contributed by atoms with van der Waals surface area (Å²) >= 11 is 0. The second-order valence-corrected chi connectivity index (χ2v) is 11.0. The molecule has 0 fully saturated rings. The van der Waals surface area contributed by atoms with Crippen molar-refractivity contribution in [2.24, 2.45) is 0 Å². The molecule has 0 amide bonds. The van der Waals surface area contributed by atoms with Gasteiger partial charge in [0.1, 0.15) is 0 Å². The van der Waals surface area contributed by atoms with Crippen LogP contribution in [-0.2, 0) is 17.3 Å². The smallest absolute Gasteiger partial charge is 0.241 e. The Bertz CT molecular complexity index is 582. The average molecular weight is 311 g/mol. The van der Waals surface area contributed by atoms with Crippen LogP contribution < -0.4 is 0 Å². The summed E-state index contributed by atoms with van der Waals surface area (Å²) in [6.45, 7) is 6.73. The van der Waals surface area contributed by atoms with Gasteiger partial charge in [-0.15, -0.1) is 0 Å². The Morgan fingerprint density at radius 3 is 1.95 bits per heavy atom. The predicted molar refractivity (Wildman–Crippen MR) is 97.4 cm³/mol. The van der Waals surface area contributed by atoms with Crippen LogP contribution in [0.1, 0.15) is 17.5 Å². The van der Waals surface area contributed by atoms with Crippen LogP contribution in [0.15, 0.2) is 72.5 Å². The fraction of sp³-hybridized carbons (Fsp3) is 0.300. The van der Waals surface area contributed by atoms with E-state index in [-0.39, 0.29) is 0 Å². The van der Waals surface area contributed by atoms with Crippen molar-refractivity contribution >= 4 is 8.32 Å². The van der Waals surface area contributed by atoms with E-state index in [1.54, 1.807) is 0 Å². The van der Waals surface area contributed by atoms with Crippen LogP contribution in [-0.4, -0.2) is 8.32 Å². The van der Waals surface area contributed by atoms with Crippen molar-refractivity contribution in [1.29, 1.82) is 0 Å². The first-order valence-electron chi connectivity index (χ1n) is 7.99. The van der Waals surface area contributed by atoms with E-state index in [2.05, 4.69) is 86.4 Å². The lowest BCUT2D eigenvalue weighted by Crippen LogP contribution is -2.25. The molecule has 116 valence electrons. The van der Waals surface area contributed by atoms with E-state index in [0.717, 1.165) is 25.0 Å². The number of aryl methyl sites for hydroxylation is 1. The van der Waals surface area contributed by atoms with Crippen molar-refractivity contribution in [3.63, 3.8) is 0 Å². The van der Waals surface area contributed by atoms with Crippen LogP contribution in [0, 0.1) is 0 Å². The van der Waals surface area contributed by atoms with E-state index < -0.39 is 8.32 Å². The van der Waals surface area contributed by atoms with Crippen LogP contribution in [0.2, 0.25) is 19.6 Å². The van der Waals surface area contributed by atoms with E-state index in [0.29, 0.717) is 0 Å². The second-order valence-electron chi connectivity index (χ2n) is 6.56. The SMILES string of the molecule is C[Si](C)(C)O/C(=C/Cc1ccccc1)CCc1ccccc1. The first-order valence-corrected chi connectivity index (χ1v) is 11.4. The highest BCUT2D eigenvalue weighted by molar-refractivity contribution is 6.70. The van der Waals surface area contributed by atoms with Gasteiger partial charge in [-0.25, -0.2) is 0 Å². The fourth-order valence-electron chi connectivity index (χ4n) is 2.35. The van der Waals surface area contributed by atoms with E-state index in [1.807, 2.05) is 0 Å². The molecule has 0 heterocycles. The predicted octanol–water partition coefficient (Wildman–Crippen LogP) is 5.60. The van der Waals surface area contributed by atoms with E-state index in [1.165, 1.54) is 11.1 Å². The third-order valence-electron chi connectivity index (χ3n) is 3.35. The molecule has 0 radical (unpaired) electrons. The van der Waals surface area contributed by atoms with Gasteiger partial charge in [0, 0.05) is 6.42 Å². The molecule has 22 heavy (non-hydrogen) atoms. The number of hydrogen-bond donors (Lipinski definition) is 0. The number of benzene rings is 2. The minimum Gasteiger partial charge on any atom is -0.548 e. The Morgan fingerprint density at radius 2 is 1.41 bits per heavy atom. The standard InChI is InChI=1S/C20H26OSi/c1-22(2,3)21-20(16-14-18-10-6-4-7-11-18)17-15-19-12-8-5-9-13-19/h4-13,16H,14-15,17H2,1-3H3/b20-16+. The molecule has 0 spiro atoms. The maximum absolute atomic E-state index is 6.28. The van der Waals surface area contributed by atoms with E-state index in [9.17, 15) is 0 Å². The van der Waals surface area contributed by atoms with Crippen LogP contribution >= 0.6 is 0 Å². The first kappa shape index (κ1) is 16.6. The van der Waals surface area contributed by atoms with Gasteiger partial charge in [0.15, 0.2) is 0 Å². The quantitative estimate of drug-likeness (QED) is 0.478. The summed E-state index contributed by atoms with van der Waals surface area (Å²) in [5.74, 6) is 1.15. The second kappa shape index (κ2) is 8.00. The molecule has 0 aliphatic heterocycles. The minimum absolute atomic E-state index is 0.940. The molecule has 0 aromatic heterocycles. The molecule has 2 heteroatoms. The molecule has 0 aliphatic rings. The van der Waals surface area contributed by atoms with Gasteiger partial charge in [0.05, 0.1) is 5.76 Å². The number of hydrogen-bond acceptors (Lipinski definition) is 1. The highest BCUT2D eigenvalue weighted by Gasteiger charge is 2.17. The summed E-state index contributed by atoms with van der Waals surface area (Å²) in [7, 11) is -1.56. The van der Waals surface area contributed by atoms with Gasteiger partial charge in [-0.2, -0.15) is 0 Å². The molecule has 0 unspecified atom stereocenters. The van der Waals surface area contributed by atoms with E-state index in [4.69, 9.17) is 4.43 Å². The highest BCUT2D eigenvalue weighted by Crippen LogP contribution is 2.17. The number of rotatable bonds is 7. The van der Waals surface area contributed by atoms with Crippen LogP contribution in [0.3, 0.4) is 0 Å². The minimum atomic E-state index is -1.56.